The summed E-state index contributed by atoms with van der Waals surface area (Å²) < 4.78 is 5.40. The van der Waals surface area contributed by atoms with Crippen LogP contribution in [0.15, 0.2) is 48.5 Å². The molecular weight excluding hydrogens is 510 g/mol. The molecule has 0 radical (unpaired) electrons. The molecule has 0 aliphatic rings. The highest BCUT2D eigenvalue weighted by Crippen LogP contribution is 2.29. The number of amides is 3. The van der Waals surface area contributed by atoms with Crippen LogP contribution in [0.25, 0.3) is 0 Å². The molecule has 2 N–H and O–H groups in total. The molecule has 0 aromatic heterocycles. The molecule has 2 aromatic carbocycles. The Balaban J connectivity index is 2.47. The molecule has 0 bridgehead atoms. The molecule has 2 rings (SSSR count). The van der Waals surface area contributed by atoms with Crippen LogP contribution in [-0.2, 0) is 20.9 Å². The fourth-order valence-electron chi connectivity index (χ4n) is 4.48. The van der Waals surface area contributed by atoms with Crippen LogP contribution in [0, 0.1) is 13.8 Å². The van der Waals surface area contributed by atoms with E-state index in [4.69, 9.17) is 4.74 Å². The first kappa shape index (κ1) is 32.2. The van der Waals surface area contributed by atoms with Gasteiger partial charge in [0.05, 0.1) is 0 Å². The van der Waals surface area contributed by atoms with Gasteiger partial charge in [-0.15, -0.1) is 0 Å². The van der Waals surface area contributed by atoms with Crippen molar-refractivity contribution in [1.29, 1.82) is 0 Å². The Hall–Kier alpha value is -3.00. The third-order valence-electron chi connectivity index (χ3n) is 6.39. The van der Waals surface area contributed by atoms with Gasteiger partial charge in [-0.05, 0) is 63.3 Å². The number of ether oxygens (including phenoxy) is 1. The van der Waals surface area contributed by atoms with Crippen molar-refractivity contribution in [2.75, 3.05) is 12.3 Å². The predicted octanol–water partition coefficient (Wildman–Crippen LogP) is 5.89. The number of benzene rings is 2. The maximum absolute atomic E-state index is 14.1. The summed E-state index contributed by atoms with van der Waals surface area (Å²) in [5.74, 6) is -0.570. The average molecular weight is 556 g/mol. The van der Waals surface area contributed by atoms with Gasteiger partial charge >= 0.3 is 6.09 Å². The van der Waals surface area contributed by atoms with Crippen molar-refractivity contribution < 1.29 is 19.1 Å². The van der Waals surface area contributed by atoms with Gasteiger partial charge in [-0.3, -0.25) is 9.59 Å². The quantitative estimate of drug-likeness (QED) is 0.212. The number of carbonyl (C=O) groups excluding carboxylic acids is 3. The van der Waals surface area contributed by atoms with E-state index >= 15 is 0 Å². The Bertz CT molecular complexity index is 1060. The number of hydrogen-bond acceptors (Lipinski definition) is 5. The number of aryl methyl sites for hydroxylation is 2. The van der Waals surface area contributed by atoms with Crippen LogP contribution in [0.5, 0.6) is 0 Å². The number of thiol groups is 1. The number of unbranched alkanes of at least 4 members (excludes halogenated alkanes) is 3. The van der Waals surface area contributed by atoms with Crippen molar-refractivity contribution in [3.8, 4) is 0 Å². The zero-order valence-electron chi connectivity index (χ0n) is 24.3. The standard InChI is InChI=1S/C31H45N3O4S/c1-7-8-9-13-19-34(29(36)25(21-39)33-30(37)38-31(4,5)6)27(26-22(2)15-14-16-23(26)3)28(35)32-20-24-17-11-10-12-18-24/h10-12,14-18,25,27,39H,7-9,13,19-21H2,1-6H3,(H,32,35)(H,33,37). The first-order valence-corrected chi connectivity index (χ1v) is 14.4. The Morgan fingerprint density at radius 2 is 1.59 bits per heavy atom. The molecule has 39 heavy (non-hydrogen) atoms. The topological polar surface area (TPSA) is 87.7 Å². The van der Waals surface area contributed by atoms with E-state index in [1.54, 1.807) is 25.7 Å². The fourth-order valence-corrected chi connectivity index (χ4v) is 4.73. The maximum Gasteiger partial charge on any atom is 0.408 e. The monoisotopic (exact) mass is 555 g/mol. The summed E-state index contributed by atoms with van der Waals surface area (Å²) >= 11 is 4.38. The molecule has 2 aromatic rings. The summed E-state index contributed by atoms with van der Waals surface area (Å²) in [6.07, 6.45) is 3.04. The van der Waals surface area contributed by atoms with Crippen molar-refractivity contribution in [1.82, 2.24) is 15.5 Å². The van der Waals surface area contributed by atoms with Crippen LogP contribution in [-0.4, -0.2) is 46.7 Å². The summed E-state index contributed by atoms with van der Waals surface area (Å²) in [5, 5.41) is 5.73. The molecule has 0 saturated carbocycles. The highest BCUT2D eigenvalue weighted by molar-refractivity contribution is 7.80. The summed E-state index contributed by atoms with van der Waals surface area (Å²) in [6.45, 7) is 12.0. The normalized spacial score (nSPS) is 12.8. The molecule has 0 spiro atoms. The van der Waals surface area contributed by atoms with Crippen LogP contribution >= 0.6 is 12.6 Å². The zero-order chi connectivity index (χ0) is 29.0. The predicted molar refractivity (Wildman–Crippen MR) is 160 cm³/mol. The molecule has 2 unspecified atom stereocenters. The van der Waals surface area contributed by atoms with Crippen molar-refractivity contribution in [3.05, 3.63) is 70.8 Å². The lowest BCUT2D eigenvalue weighted by molar-refractivity contribution is -0.142. The highest BCUT2D eigenvalue weighted by Gasteiger charge is 2.37. The van der Waals surface area contributed by atoms with Gasteiger partial charge in [0.25, 0.3) is 0 Å². The van der Waals surface area contributed by atoms with E-state index in [0.29, 0.717) is 13.1 Å². The SMILES string of the molecule is CCCCCCN(C(=O)C(CS)NC(=O)OC(C)(C)C)C(C(=O)NCc1ccccc1)c1c(C)cccc1C. The Morgan fingerprint density at radius 1 is 0.949 bits per heavy atom. The second kappa shape index (κ2) is 15.6. The summed E-state index contributed by atoms with van der Waals surface area (Å²) in [7, 11) is 0. The third-order valence-corrected chi connectivity index (χ3v) is 6.76. The number of hydrogen-bond donors (Lipinski definition) is 3. The van der Waals surface area contributed by atoms with Gasteiger partial charge in [0.2, 0.25) is 11.8 Å². The van der Waals surface area contributed by atoms with Gasteiger partial charge in [-0.25, -0.2) is 4.79 Å². The van der Waals surface area contributed by atoms with Gasteiger partial charge in [0, 0.05) is 18.8 Å². The number of rotatable bonds is 13. The van der Waals surface area contributed by atoms with Crippen LogP contribution < -0.4 is 10.6 Å². The first-order chi connectivity index (χ1) is 18.5. The van der Waals surface area contributed by atoms with Crippen molar-refractivity contribution in [3.63, 3.8) is 0 Å². The summed E-state index contributed by atoms with van der Waals surface area (Å²) in [5.41, 5.74) is 2.88. The van der Waals surface area contributed by atoms with Gasteiger partial charge in [0.1, 0.15) is 17.7 Å². The van der Waals surface area contributed by atoms with Crippen molar-refractivity contribution in [2.45, 2.75) is 91.5 Å². The molecule has 3 amide bonds. The van der Waals surface area contributed by atoms with E-state index in [0.717, 1.165) is 47.9 Å². The van der Waals surface area contributed by atoms with E-state index in [1.807, 2.05) is 62.4 Å². The van der Waals surface area contributed by atoms with E-state index in [-0.39, 0.29) is 17.6 Å². The van der Waals surface area contributed by atoms with Crippen LogP contribution in [0.4, 0.5) is 4.79 Å². The van der Waals surface area contributed by atoms with Gasteiger partial charge < -0.3 is 20.3 Å². The number of nitrogens with one attached hydrogen (secondary N) is 2. The number of nitrogens with zero attached hydrogens (tertiary/aromatic N) is 1. The van der Waals surface area contributed by atoms with Gasteiger partial charge in [-0.2, -0.15) is 12.6 Å². The Kier molecular flexibility index (Phi) is 12.8. The highest BCUT2D eigenvalue weighted by atomic mass is 32.1. The van der Waals surface area contributed by atoms with E-state index in [9.17, 15) is 14.4 Å². The maximum atomic E-state index is 14.1. The smallest absolute Gasteiger partial charge is 0.408 e. The summed E-state index contributed by atoms with van der Waals surface area (Å²) in [4.78, 5) is 42.2. The van der Waals surface area contributed by atoms with E-state index in [2.05, 4.69) is 30.2 Å². The lowest BCUT2D eigenvalue weighted by Crippen LogP contribution is -2.54. The van der Waals surface area contributed by atoms with Crippen molar-refractivity contribution in [2.24, 2.45) is 0 Å². The van der Waals surface area contributed by atoms with Crippen LogP contribution in [0.1, 0.15) is 81.7 Å². The average Bonchev–Trinajstić information content (AvgIpc) is 2.88. The van der Waals surface area contributed by atoms with Gasteiger partial charge in [-0.1, -0.05) is 74.7 Å². The molecule has 214 valence electrons. The van der Waals surface area contributed by atoms with Crippen molar-refractivity contribution >= 4 is 30.5 Å². The molecule has 7 nitrogen and oxygen atoms in total. The lowest BCUT2D eigenvalue weighted by atomic mass is 9.93. The molecule has 0 fully saturated rings. The minimum absolute atomic E-state index is 0.0641. The fraction of sp³-hybridized carbons (Fsp3) is 0.516. The number of carbonyl (C=O) groups is 3. The van der Waals surface area contributed by atoms with Crippen LogP contribution in [0.3, 0.4) is 0 Å². The van der Waals surface area contributed by atoms with Crippen LogP contribution in [0.2, 0.25) is 0 Å². The molecule has 2 atom stereocenters. The lowest BCUT2D eigenvalue weighted by Gasteiger charge is -2.35. The minimum atomic E-state index is -0.955. The largest absolute Gasteiger partial charge is 0.444 e. The molecule has 0 aliphatic heterocycles. The Labute approximate surface area is 239 Å². The summed E-state index contributed by atoms with van der Waals surface area (Å²) in [6, 6.07) is 13.7. The minimum Gasteiger partial charge on any atom is -0.444 e. The molecular formula is C31H45N3O4S. The van der Waals surface area contributed by atoms with Gasteiger partial charge in [0.15, 0.2) is 0 Å². The third kappa shape index (κ3) is 10.2. The van der Waals surface area contributed by atoms with E-state index < -0.39 is 23.8 Å². The molecule has 0 heterocycles. The zero-order valence-corrected chi connectivity index (χ0v) is 25.1. The second-order valence-electron chi connectivity index (χ2n) is 10.9. The second-order valence-corrected chi connectivity index (χ2v) is 11.3. The first-order valence-electron chi connectivity index (χ1n) is 13.8. The Morgan fingerprint density at radius 3 is 2.15 bits per heavy atom. The number of alkyl carbamates (subject to hydrolysis) is 1. The molecule has 0 aliphatic carbocycles. The van der Waals surface area contributed by atoms with E-state index in [1.165, 1.54) is 0 Å². The molecule has 0 saturated heterocycles. The molecule has 8 heteroatoms.